The highest BCUT2D eigenvalue weighted by atomic mass is 19.3. The fourth-order valence-electron chi connectivity index (χ4n) is 1.50. The van der Waals surface area contributed by atoms with Crippen LogP contribution in [-0.2, 0) is 4.74 Å². The lowest BCUT2D eigenvalue weighted by Crippen LogP contribution is -2.03. The molecule has 0 aromatic carbocycles. The Labute approximate surface area is 117 Å². The molecule has 20 heavy (non-hydrogen) atoms. The molecule has 0 aliphatic heterocycles. The number of allylic oxidation sites excluding steroid dienone is 8. The number of hydrogen-bond acceptors (Lipinski definition) is 3. The van der Waals surface area contributed by atoms with Crippen molar-refractivity contribution in [3.05, 3.63) is 59.2 Å². The van der Waals surface area contributed by atoms with Crippen molar-refractivity contribution in [2.45, 2.75) is 19.8 Å². The highest BCUT2D eigenvalue weighted by Gasteiger charge is 2.12. The number of rotatable bonds is 5. The van der Waals surface area contributed by atoms with Gasteiger partial charge in [0.2, 0.25) is 5.88 Å². The first-order valence-electron chi connectivity index (χ1n) is 6.15. The molecule has 0 bridgehead atoms. The summed E-state index contributed by atoms with van der Waals surface area (Å²) < 4.78 is 30.6. The lowest BCUT2D eigenvalue weighted by atomic mass is 10.1. The number of ether oxygens (including phenoxy) is 1. The largest absolute Gasteiger partial charge is 0.481 e. The Kier molecular flexibility index (Phi) is 6.43. The third-order valence-electron chi connectivity index (χ3n) is 2.57. The van der Waals surface area contributed by atoms with Gasteiger partial charge in [-0.2, -0.15) is 0 Å². The molecular weight excluding hydrogens is 262 g/mol. The van der Waals surface area contributed by atoms with Gasteiger partial charge in [0.1, 0.15) is 0 Å². The van der Waals surface area contributed by atoms with Crippen LogP contribution in [0.15, 0.2) is 64.2 Å². The number of nitrogens with two attached hydrogens (primary N) is 1. The molecule has 0 heterocycles. The SMILES string of the molecule is C\C=C/C=C(\N=C\C1=CC(C(F)F)=CCC=C1N)OC. The van der Waals surface area contributed by atoms with E-state index in [1.165, 1.54) is 25.5 Å². The Balaban J connectivity index is 3.00. The zero-order valence-corrected chi connectivity index (χ0v) is 11.5. The molecule has 0 aromatic rings. The quantitative estimate of drug-likeness (QED) is 0.476. The summed E-state index contributed by atoms with van der Waals surface area (Å²) in [5.41, 5.74) is 6.62. The standard InChI is InChI=1S/C15H18F2N2O/c1-3-4-8-14(20-2)19-10-12-9-11(15(16)17)6-5-7-13(12)18/h3-4,6-10,15H,5,18H2,1-2H3/b4-3-,14-8+,19-10+. The van der Waals surface area contributed by atoms with Crippen LogP contribution in [0.3, 0.4) is 0 Å². The van der Waals surface area contributed by atoms with Crippen LogP contribution in [0.2, 0.25) is 0 Å². The number of halogens is 2. The highest BCUT2D eigenvalue weighted by Crippen LogP contribution is 2.19. The maximum atomic E-state index is 12.8. The van der Waals surface area contributed by atoms with Crippen molar-refractivity contribution in [2.75, 3.05) is 7.11 Å². The van der Waals surface area contributed by atoms with E-state index in [1.807, 2.05) is 13.0 Å². The average molecular weight is 280 g/mol. The lowest BCUT2D eigenvalue weighted by molar-refractivity contribution is 0.194. The normalized spacial score (nSPS) is 17.2. The summed E-state index contributed by atoms with van der Waals surface area (Å²) in [5.74, 6) is 0.364. The Bertz CT molecular complexity index is 512. The van der Waals surface area contributed by atoms with Gasteiger partial charge in [0.05, 0.1) is 7.11 Å². The van der Waals surface area contributed by atoms with Crippen molar-refractivity contribution in [1.29, 1.82) is 0 Å². The third-order valence-corrected chi connectivity index (χ3v) is 2.57. The minimum atomic E-state index is -2.53. The van der Waals surface area contributed by atoms with Gasteiger partial charge in [0.15, 0.2) is 0 Å². The molecule has 0 amide bonds. The van der Waals surface area contributed by atoms with E-state index in [0.717, 1.165) is 0 Å². The smallest absolute Gasteiger partial charge is 0.263 e. The second kappa shape index (κ2) is 8.09. The second-order valence-corrected chi connectivity index (χ2v) is 3.99. The number of aliphatic imine (C=N–C) groups is 1. The Hall–Kier alpha value is -2.17. The molecule has 1 aliphatic carbocycles. The van der Waals surface area contributed by atoms with Crippen LogP contribution in [0.4, 0.5) is 8.78 Å². The van der Waals surface area contributed by atoms with E-state index in [9.17, 15) is 8.78 Å². The summed E-state index contributed by atoms with van der Waals surface area (Å²) in [7, 11) is 1.48. The highest BCUT2D eigenvalue weighted by molar-refractivity contribution is 5.86. The van der Waals surface area contributed by atoms with Crippen LogP contribution in [0, 0.1) is 0 Å². The van der Waals surface area contributed by atoms with Crippen LogP contribution >= 0.6 is 0 Å². The maximum absolute atomic E-state index is 12.8. The van der Waals surface area contributed by atoms with Crippen molar-refractivity contribution < 1.29 is 13.5 Å². The summed E-state index contributed by atoms with van der Waals surface area (Å²) in [6, 6.07) is 0. The molecule has 5 heteroatoms. The average Bonchev–Trinajstić information content (AvgIpc) is 2.61. The monoisotopic (exact) mass is 280 g/mol. The van der Waals surface area contributed by atoms with Gasteiger partial charge in [-0.25, -0.2) is 13.8 Å². The molecule has 0 fully saturated rings. The summed E-state index contributed by atoms with van der Waals surface area (Å²) in [5, 5.41) is 0. The molecule has 3 nitrogen and oxygen atoms in total. The predicted molar refractivity (Wildman–Crippen MR) is 77.5 cm³/mol. The molecule has 0 saturated carbocycles. The first kappa shape index (κ1) is 15.9. The van der Waals surface area contributed by atoms with Gasteiger partial charge in [-0.05, 0) is 25.5 Å². The molecule has 0 spiro atoms. The fraction of sp³-hybridized carbons (Fsp3) is 0.267. The zero-order valence-electron chi connectivity index (χ0n) is 11.5. The molecule has 0 saturated heterocycles. The zero-order chi connectivity index (χ0) is 15.0. The Morgan fingerprint density at radius 1 is 1.45 bits per heavy atom. The van der Waals surface area contributed by atoms with Crippen molar-refractivity contribution in [2.24, 2.45) is 10.7 Å². The lowest BCUT2D eigenvalue weighted by Gasteiger charge is -2.03. The molecular formula is C15H18F2N2O. The minimum Gasteiger partial charge on any atom is -0.481 e. The van der Waals surface area contributed by atoms with Crippen LogP contribution in [0.1, 0.15) is 13.3 Å². The molecule has 2 N–H and O–H groups in total. The van der Waals surface area contributed by atoms with Crippen molar-refractivity contribution in [1.82, 2.24) is 0 Å². The summed E-state index contributed by atoms with van der Waals surface area (Å²) >= 11 is 0. The van der Waals surface area contributed by atoms with Gasteiger partial charge in [-0.3, -0.25) is 0 Å². The molecule has 0 radical (unpaired) electrons. The predicted octanol–water partition coefficient (Wildman–Crippen LogP) is 3.49. The van der Waals surface area contributed by atoms with Gasteiger partial charge in [0, 0.05) is 23.1 Å². The van der Waals surface area contributed by atoms with Crippen LogP contribution in [0.5, 0.6) is 0 Å². The van der Waals surface area contributed by atoms with Gasteiger partial charge < -0.3 is 10.5 Å². The van der Waals surface area contributed by atoms with Crippen LogP contribution in [0.25, 0.3) is 0 Å². The second-order valence-electron chi connectivity index (χ2n) is 3.99. The maximum Gasteiger partial charge on any atom is 0.263 e. The number of nitrogens with zero attached hydrogens (tertiary/aromatic N) is 1. The van der Waals surface area contributed by atoms with E-state index >= 15 is 0 Å². The molecule has 108 valence electrons. The van der Waals surface area contributed by atoms with Crippen molar-refractivity contribution >= 4 is 6.21 Å². The fourth-order valence-corrected chi connectivity index (χ4v) is 1.50. The number of hydrogen-bond donors (Lipinski definition) is 1. The summed E-state index contributed by atoms with van der Waals surface area (Å²) in [4.78, 5) is 4.09. The molecule has 0 unspecified atom stereocenters. The summed E-state index contributed by atoms with van der Waals surface area (Å²) in [6.45, 7) is 1.86. The van der Waals surface area contributed by atoms with Gasteiger partial charge in [0.25, 0.3) is 6.43 Å². The third kappa shape index (κ3) is 4.84. The van der Waals surface area contributed by atoms with E-state index in [-0.39, 0.29) is 5.57 Å². The van der Waals surface area contributed by atoms with Crippen LogP contribution in [-0.4, -0.2) is 19.7 Å². The van der Waals surface area contributed by atoms with E-state index in [1.54, 1.807) is 18.2 Å². The van der Waals surface area contributed by atoms with Gasteiger partial charge in [-0.15, -0.1) is 0 Å². The molecule has 1 aliphatic rings. The van der Waals surface area contributed by atoms with Gasteiger partial charge in [-0.1, -0.05) is 24.3 Å². The van der Waals surface area contributed by atoms with E-state index in [2.05, 4.69) is 4.99 Å². The topological polar surface area (TPSA) is 47.6 Å². The Morgan fingerprint density at radius 2 is 2.20 bits per heavy atom. The number of alkyl halides is 2. The van der Waals surface area contributed by atoms with Crippen molar-refractivity contribution in [3.63, 3.8) is 0 Å². The van der Waals surface area contributed by atoms with Crippen LogP contribution < -0.4 is 5.73 Å². The Morgan fingerprint density at radius 3 is 2.80 bits per heavy atom. The summed E-state index contributed by atoms with van der Waals surface area (Å²) in [6.07, 6.45) is 9.00. The number of methoxy groups -OCH3 is 1. The van der Waals surface area contributed by atoms with E-state index < -0.39 is 6.43 Å². The molecule has 1 rings (SSSR count). The van der Waals surface area contributed by atoms with E-state index in [4.69, 9.17) is 10.5 Å². The minimum absolute atomic E-state index is 0.0560. The first-order valence-corrected chi connectivity index (χ1v) is 6.15. The molecule has 0 atom stereocenters. The van der Waals surface area contributed by atoms with Gasteiger partial charge >= 0.3 is 0 Å². The van der Waals surface area contributed by atoms with Crippen molar-refractivity contribution in [3.8, 4) is 0 Å². The van der Waals surface area contributed by atoms with E-state index in [0.29, 0.717) is 23.6 Å². The molecule has 0 aromatic heterocycles. The first-order chi connectivity index (χ1) is 9.58.